The molecule has 1 aliphatic rings. The van der Waals surface area contributed by atoms with Crippen LogP contribution in [0.3, 0.4) is 0 Å². The molecule has 2 nitrogen and oxygen atoms in total. The zero-order valence-corrected chi connectivity index (χ0v) is 13.8. The SMILES string of the molecule is CCCC[C@@H]1CC[C@@H](C(C)C)N1[C@H](CO)c1ccccc1. The maximum Gasteiger partial charge on any atom is 0.0628 e. The molecular weight excluding hydrogens is 258 g/mol. The van der Waals surface area contributed by atoms with Crippen LogP contribution in [0.25, 0.3) is 0 Å². The molecule has 0 bridgehead atoms. The minimum atomic E-state index is 0.156. The van der Waals surface area contributed by atoms with E-state index in [1.165, 1.54) is 37.7 Å². The molecule has 1 heterocycles. The van der Waals surface area contributed by atoms with Crippen LogP contribution in [0, 0.1) is 5.92 Å². The van der Waals surface area contributed by atoms with Crippen molar-refractivity contribution in [3.8, 4) is 0 Å². The normalized spacial score (nSPS) is 24.6. The quantitative estimate of drug-likeness (QED) is 0.804. The molecule has 1 fully saturated rings. The van der Waals surface area contributed by atoms with Crippen molar-refractivity contribution in [2.75, 3.05) is 6.61 Å². The molecule has 0 aromatic heterocycles. The molecule has 3 atom stereocenters. The average molecular weight is 289 g/mol. The molecule has 2 rings (SSSR count). The number of benzene rings is 1. The van der Waals surface area contributed by atoms with Crippen molar-refractivity contribution in [1.29, 1.82) is 0 Å². The van der Waals surface area contributed by atoms with Crippen LogP contribution in [0.1, 0.15) is 64.5 Å². The molecule has 1 N–H and O–H groups in total. The summed E-state index contributed by atoms with van der Waals surface area (Å²) in [6, 6.07) is 11.9. The maximum absolute atomic E-state index is 10.0. The lowest BCUT2D eigenvalue weighted by molar-refractivity contribution is 0.0562. The Labute approximate surface area is 130 Å². The Morgan fingerprint density at radius 2 is 1.90 bits per heavy atom. The summed E-state index contributed by atoms with van der Waals surface area (Å²) in [5, 5.41) is 10.0. The van der Waals surface area contributed by atoms with E-state index in [1.807, 2.05) is 0 Å². The zero-order chi connectivity index (χ0) is 15.2. The molecule has 0 unspecified atom stereocenters. The lowest BCUT2D eigenvalue weighted by Gasteiger charge is -2.38. The van der Waals surface area contributed by atoms with E-state index in [-0.39, 0.29) is 12.6 Å². The molecule has 118 valence electrons. The highest BCUT2D eigenvalue weighted by Crippen LogP contribution is 2.38. The number of likely N-dealkylation sites (tertiary alicyclic amines) is 1. The fourth-order valence-electron chi connectivity index (χ4n) is 3.88. The van der Waals surface area contributed by atoms with E-state index < -0.39 is 0 Å². The minimum absolute atomic E-state index is 0.156. The Balaban J connectivity index is 2.23. The van der Waals surface area contributed by atoms with Crippen molar-refractivity contribution in [3.63, 3.8) is 0 Å². The molecule has 1 aromatic rings. The fourth-order valence-corrected chi connectivity index (χ4v) is 3.88. The van der Waals surface area contributed by atoms with E-state index in [1.54, 1.807) is 0 Å². The zero-order valence-electron chi connectivity index (χ0n) is 13.8. The first-order valence-corrected chi connectivity index (χ1v) is 8.62. The summed E-state index contributed by atoms with van der Waals surface area (Å²) in [4.78, 5) is 2.63. The largest absolute Gasteiger partial charge is 0.394 e. The van der Waals surface area contributed by atoms with Crippen molar-refractivity contribution in [3.05, 3.63) is 35.9 Å². The number of rotatable bonds is 7. The summed E-state index contributed by atoms with van der Waals surface area (Å²) < 4.78 is 0. The lowest BCUT2D eigenvalue weighted by atomic mass is 9.98. The van der Waals surface area contributed by atoms with Crippen molar-refractivity contribution in [2.24, 2.45) is 5.92 Å². The van der Waals surface area contributed by atoms with Crippen LogP contribution in [0.5, 0.6) is 0 Å². The first kappa shape index (κ1) is 16.5. The molecule has 1 saturated heterocycles. The minimum Gasteiger partial charge on any atom is -0.394 e. The smallest absolute Gasteiger partial charge is 0.0628 e. The molecular formula is C19H31NO. The second-order valence-electron chi connectivity index (χ2n) is 6.74. The number of unbranched alkanes of at least 4 members (excludes halogenated alkanes) is 1. The Morgan fingerprint density at radius 1 is 1.19 bits per heavy atom. The van der Waals surface area contributed by atoms with Gasteiger partial charge in [0.1, 0.15) is 0 Å². The van der Waals surface area contributed by atoms with Crippen LogP contribution in [0.15, 0.2) is 30.3 Å². The van der Waals surface area contributed by atoms with Gasteiger partial charge in [-0.05, 0) is 30.7 Å². The monoisotopic (exact) mass is 289 g/mol. The molecule has 1 aromatic carbocycles. The first-order chi connectivity index (χ1) is 10.2. The first-order valence-electron chi connectivity index (χ1n) is 8.62. The lowest BCUT2D eigenvalue weighted by Crippen LogP contribution is -2.43. The molecule has 21 heavy (non-hydrogen) atoms. The van der Waals surface area contributed by atoms with E-state index in [0.717, 1.165) is 0 Å². The van der Waals surface area contributed by atoms with Gasteiger partial charge in [-0.25, -0.2) is 0 Å². The van der Waals surface area contributed by atoms with Crippen LogP contribution >= 0.6 is 0 Å². The van der Waals surface area contributed by atoms with Gasteiger partial charge in [0.05, 0.1) is 12.6 Å². The Hall–Kier alpha value is -0.860. The van der Waals surface area contributed by atoms with Gasteiger partial charge in [-0.15, -0.1) is 0 Å². The third kappa shape index (κ3) is 3.87. The molecule has 0 amide bonds. The van der Waals surface area contributed by atoms with Crippen molar-refractivity contribution < 1.29 is 5.11 Å². The molecule has 2 heteroatoms. The predicted octanol–water partition coefficient (Wildman–Crippen LogP) is 4.40. The highest BCUT2D eigenvalue weighted by Gasteiger charge is 2.39. The van der Waals surface area contributed by atoms with Crippen LogP contribution in [-0.4, -0.2) is 28.7 Å². The Bertz CT molecular complexity index is 403. The van der Waals surface area contributed by atoms with Gasteiger partial charge in [-0.1, -0.05) is 63.9 Å². The van der Waals surface area contributed by atoms with E-state index in [4.69, 9.17) is 0 Å². The highest BCUT2D eigenvalue weighted by molar-refractivity contribution is 5.20. The van der Waals surface area contributed by atoms with Crippen molar-refractivity contribution in [1.82, 2.24) is 4.90 Å². The van der Waals surface area contributed by atoms with Gasteiger partial charge in [0.2, 0.25) is 0 Å². The maximum atomic E-state index is 10.0. The van der Waals surface area contributed by atoms with Crippen molar-refractivity contribution in [2.45, 2.75) is 71.0 Å². The predicted molar refractivity (Wildman–Crippen MR) is 89.3 cm³/mol. The van der Waals surface area contributed by atoms with Crippen LogP contribution in [0.4, 0.5) is 0 Å². The Morgan fingerprint density at radius 3 is 2.48 bits per heavy atom. The van der Waals surface area contributed by atoms with E-state index in [2.05, 4.69) is 56.0 Å². The highest BCUT2D eigenvalue weighted by atomic mass is 16.3. The van der Waals surface area contributed by atoms with E-state index in [0.29, 0.717) is 18.0 Å². The molecule has 0 aliphatic carbocycles. The summed E-state index contributed by atoms with van der Waals surface area (Å²) in [5.74, 6) is 0.648. The summed E-state index contributed by atoms with van der Waals surface area (Å²) in [7, 11) is 0. The van der Waals surface area contributed by atoms with Crippen LogP contribution < -0.4 is 0 Å². The van der Waals surface area contributed by atoms with Gasteiger partial charge in [0, 0.05) is 12.1 Å². The number of hydrogen-bond acceptors (Lipinski definition) is 2. The van der Waals surface area contributed by atoms with Gasteiger partial charge in [0.15, 0.2) is 0 Å². The summed E-state index contributed by atoms with van der Waals surface area (Å²) >= 11 is 0. The number of aliphatic hydroxyl groups is 1. The molecule has 0 radical (unpaired) electrons. The third-order valence-corrected chi connectivity index (χ3v) is 4.98. The van der Waals surface area contributed by atoms with Gasteiger partial charge < -0.3 is 5.11 Å². The average Bonchev–Trinajstić information content (AvgIpc) is 2.91. The number of hydrogen-bond donors (Lipinski definition) is 1. The molecule has 0 saturated carbocycles. The van der Waals surface area contributed by atoms with Crippen LogP contribution in [0.2, 0.25) is 0 Å². The second kappa shape index (κ2) is 7.95. The fraction of sp³-hybridized carbons (Fsp3) is 0.684. The van der Waals surface area contributed by atoms with Gasteiger partial charge in [-0.2, -0.15) is 0 Å². The number of aliphatic hydroxyl groups excluding tert-OH is 1. The van der Waals surface area contributed by atoms with E-state index in [9.17, 15) is 5.11 Å². The second-order valence-corrected chi connectivity index (χ2v) is 6.74. The third-order valence-electron chi connectivity index (χ3n) is 4.98. The van der Waals surface area contributed by atoms with E-state index >= 15 is 0 Å². The molecule has 1 aliphatic heterocycles. The number of nitrogens with zero attached hydrogens (tertiary/aromatic N) is 1. The topological polar surface area (TPSA) is 23.5 Å². The standard InChI is InChI=1S/C19H31NO/c1-4-5-11-17-12-13-18(15(2)3)20(17)19(14-21)16-9-7-6-8-10-16/h6-10,15,17-19,21H,4-5,11-14H2,1-3H3/t17-,18+,19-/m1/s1. The summed E-state index contributed by atoms with van der Waals surface area (Å²) in [6.07, 6.45) is 6.37. The Kier molecular flexibility index (Phi) is 6.25. The van der Waals surface area contributed by atoms with Crippen LogP contribution in [-0.2, 0) is 0 Å². The molecule has 0 spiro atoms. The van der Waals surface area contributed by atoms with Crippen molar-refractivity contribution >= 4 is 0 Å². The van der Waals surface area contributed by atoms with Gasteiger partial charge >= 0.3 is 0 Å². The van der Waals surface area contributed by atoms with Gasteiger partial charge in [0.25, 0.3) is 0 Å². The summed E-state index contributed by atoms with van der Waals surface area (Å²) in [5.41, 5.74) is 1.26. The van der Waals surface area contributed by atoms with Gasteiger partial charge in [-0.3, -0.25) is 4.90 Å². The summed E-state index contributed by atoms with van der Waals surface area (Å²) in [6.45, 7) is 7.12.